The number of hydrogen-bond acceptors (Lipinski definition) is 6. The molecule has 1 saturated heterocycles. The van der Waals surface area contributed by atoms with Crippen molar-refractivity contribution in [1.29, 1.82) is 5.41 Å². The molecule has 37 heavy (non-hydrogen) atoms. The SMILES string of the molecule is COC(=O)CCN(c1ccc2nc(C)n(Cc3ccc(C(=N)N)c4ccccc34)c2c1)C1CCNCC1. The fourth-order valence-corrected chi connectivity index (χ4v) is 5.47. The fraction of sp³-hybridized carbons (Fsp3) is 0.345. The highest BCUT2D eigenvalue weighted by atomic mass is 16.5. The Labute approximate surface area is 216 Å². The third-order valence-electron chi connectivity index (χ3n) is 7.42. The second-order valence-corrected chi connectivity index (χ2v) is 9.65. The number of esters is 1. The molecule has 3 aromatic carbocycles. The van der Waals surface area contributed by atoms with Gasteiger partial charge in [0.15, 0.2) is 0 Å². The van der Waals surface area contributed by atoms with E-state index in [1.54, 1.807) is 0 Å². The Morgan fingerprint density at radius 2 is 1.92 bits per heavy atom. The van der Waals surface area contributed by atoms with E-state index in [4.69, 9.17) is 20.9 Å². The number of carbonyl (C=O) groups excluding carboxylic acids is 1. The predicted molar refractivity (Wildman–Crippen MR) is 148 cm³/mol. The number of aryl methyl sites for hydroxylation is 1. The van der Waals surface area contributed by atoms with Gasteiger partial charge in [-0.25, -0.2) is 4.98 Å². The lowest BCUT2D eigenvalue weighted by atomic mass is 9.99. The summed E-state index contributed by atoms with van der Waals surface area (Å²) in [5.41, 5.74) is 10.9. The molecule has 0 aliphatic carbocycles. The molecule has 1 fully saturated rings. The van der Waals surface area contributed by atoms with E-state index in [1.165, 1.54) is 7.11 Å². The van der Waals surface area contributed by atoms with Crippen LogP contribution in [0.15, 0.2) is 54.6 Å². The van der Waals surface area contributed by atoms with Crippen LogP contribution in [-0.4, -0.2) is 54.1 Å². The first-order valence-electron chi connectivity index (χ1n) is 12.8. The van der Waals surface area contributed by atoms with Gasteiger partial charge in [-0.2, -0.15) is 0 Å². The molecule has 1 aliphatic rings. The molecule has 0 amide bonds. The summed E-state index contributed by atoms with van der Waals surface area (Å²) in [7, 11) is 1.44. The summed E-state index contributed by atoms with van der Waals surface area (Å²) in [6, 6.07) is 18.9. The summed E-state index contributed by atoms with van der Waals surface area (Å²) >= 11 is 0. The van der Waals surface area contributed by atoms with Crippen molar-refractivity contribution in [3.63, 3.8) is 0 Å². The summed E-state index contributed by atoms with van der Waals surface area (Å²) in [5.74, 6) is 0.818. The second kappa shape index (κ2) is 10.6. The molecular formula is C29H34N6O2. The maximum Gasteiger partial charge on any atom is 0.307 e. The number of nitrogens with two attached hydrogens (primary N) is 1. The molecule has 192 valence electrons. The monoisotopic (exact) mass is 498 g/mol. The number of anilines is 1. The van der Waals surface area contributed by atoms with E-state index in [0.717, 1.165) is 70.4 Å². The van der Waals surface area contributed by atoms with E-state index in [2.05, 4.69) is 45.1 Å². The highest BCUT2D eigenvalue weighted by Gasteiger charge is 2.23. The fourth-order valence-electron chi connectivity index (χ4n) is 5.47. The van der Waals surface area contributed by atoms with Gasteiger partial charge in [0.1, 0.15) is 11.7 Å². The van der Waals surface area contributed by atoms with Crippen LogP contribution in [0.2, 0.25) is 0 Å². The molecule has 1 aliphatic heterocycles. The van der Waals surface area contributed by atoms with Crippen molar-refractivity contribution in [3.05, 3.63) is 71.5 Å². The summed E-state index contributed by atoms with van der Waals surface area (Å²) in [5, 5.41) is 13.5. The lowest BCUT2D eigenvalue weighted by Gasteiger charge is -2.36. The first-order valence-corrected chi connectivity index (χ1v) is 12.8. The van der Waals surface area contributed by atoms with Crippen LogP contribution in [0.3, 0.4) is 0 Å². The van der Waals surface area contributed by atoms with Crippen molar-refractivity contribution >= 4 is 39.3 Å². The highest BCUT2D eigenvalue weighted by molar-refractivity contribution is 6.08. The normalized spacial score (nSPS) is 14.2. The van der Waals surface area contributed by atoms with Crippen LogP contribution in [0.4, 0.5) is 5.69 Å². The van der Waals surface area contributed by atoms with Crippen molar-refractivity contribution in [1.82, 2.24) is 14.9 Å². The van der Waals surface area contributed by atoms with Crippen LogP contribution in [-0.2, 0) is 16.1 Å². The van der Waals surface area contributed by atoms with Crippen LogP contribution < -0.4 is 16.0 Å². The number of aromatic nitrogens is 2. The number of ether oxygens (including phenoxy) is 1. The van der Waals surface area contributed by atoms with Gasteiger partial charge in [0.05, 0.1) is 24.6 Å². The summed E-state index contributed by atoms with van der Waals surface area (Å²) < 4.78 is 7.17. The van der Waals surface area contributed by atoms with Crippen LogP contribution >= 0.6 is 0 Å². The summed E-state index contributed by atoms with van der Waals surface area (Å²) in [4.78, 5) is 19.2. The number of piperidine rings is 1. The van der Waals surface area contributed by atoms with E-state index in [-0.39, 0.29) is 11.8 Å². The average Bonchev–Trinajstić information content (AvgIpc) is 3.23. The third kappa shape index (κ3) is 5.02. The minimum absolute atomic E-state index is 0.0709. The lowest BCUT2D eigenvalue weighted by molar-refractivity contribution is -0.140. The van der Waals surface area contributed by atoms with Gasteiger partial charge in [0.25, 0.3) is 0 Å². The first kappa shape index (κ1) is 24.8. The molecule has 0 spiro atoms. The number of methoxy groups -OCH3 is 1. The maximum absolute atomic E-state index is 12.0. The number of fused-ring (bicyclic) bond motifs is 2. The largest absolute Gasteiger partial charge is 0.469 e. The Hall–Kier alpha value is -3.91. The van der Waals surface area contributed by atoms with Gasteiger partial charge < -0.3 is 25.3 Å². The van der Waals surface area contributed by atoms with Gasteiger partial charge in [-0.15, -0.1) is 0 Å². The molecule has 0 atom stereocenters. The Morgan fingerprint density at radius 3 is 2.65 bits per heavy atom. The van der Waals surface area contributed by atoms with Crippen molar-refractivity contribution in [2.24, 2.45) is 5.73 Å². The number of nitrogen functional groups attached to an aromatic ring is 1. The van der Waals surface area contributed by atoms with Crippen LogP contribution in [0.1, 0.15) is 36.2 Å². The van der Waals surface area contributed by atoms with Gasteiger partial charge in [-0.3, -0.25) is 10.2 Å². The van der Waals surface area contributed by atoms with Crippen LogP contribution in [0, 0.1) is 12.3 Å². The zero-order valence-electron chi connectivity index (χ0n) is 21.5. The Kier molecular flexibility index (Phi) is 7.10. The summed E-state index contributed by atoms with van der Waals surface area (Å²) in [6.45, 7) is 5.25. The number of nitrogens with zero attached hydrogens (tertiary/aromatic N) is 3. The standard InChI is InChI=1S/C29H34N6O2/c1-19-33-26-10-8-22(34(16-13-28(36)37-2)21-11-14-32-15-12-21)17-27(26)35(19)18-20-7-9-25(29(30)31)24-6-4-3-5-23(20)24/h3-10,17,21,32H,11-16,18H2,1-2H3,(H3,30,31). The van der Waals surface area contributed by atoms with Crippen molar-refractivity contribution in [3.8, 4) is 0 Å². The van der Waals surface area contributed by atoms with Crippen molar-refractivity contribution in [2.45, 2.75) is 38.8 Å². The topological polar surface area (TPSA) is 109 Å². The quantitative estimate of drug-likeness (QED) is 0.193. The molecule has 0 saturated carbocycles. The molecule has 5 rings (SSSR count). The highest BCUT2D eigenvalue weighted by Crippen LogP contribution is 2.29. The molecule has 0 unspecified atom stereocenters. The molecule has 8 nitrogen and oxygen atoms in total. The van der Waals surface area contributed by atoms with Gasteiger partial charge in [0, 0.05) is 30.4 Å². The van der Waals surface area contributed by atoms with E-state index in [9.17, 15) is 4.79 Å². The number of imidazole rings is 1. The van der Waals surface area contributed by atoms with E-state index < -0.39 is 0 Å². The molecule has 4 aromatic rings. The number of amidine groups is 1. The zero-order chi connectivity index (χ0) is 25.9. The maximum atomic E-state index is 12.0. The molecule has 8 heteroatoms. The number of benzene rings is 3. The first-order chi connectivity index (χ1) is 18.0. The molecule has 2 heterocycles. The van der Waals surface area contributed by atoms with E-state index in [0.29, 0.717) is 25.6 Å². The minimum atomic E-state index is -0.193. The van der Waals surface area contributed by atoms with E-state index in [1.807, 2.05) is 31.2 Å². The minimum Gasteiger partial charge on any atom is -0.469 e. The Morgan fingerprint density at radius 1 is 1.16 bits per heavy atom. The molecule has 4 N–H and O–H groups in total. The number of rotatable bonds is 8. The van der Waals surface area contributed by atoms with E-state index >= 15 is 0 Å². The third-order valence-corrected chi connectivity index (χ3v) is 7.42. The van der Waals surface area contributed by atoms with Crippen LogP contribution in [0.25, 0.3) is 21.8 Å². The van der Waals surface area contributed by atoms with Crippen molar-refractivity contribution in [2.75, 3.05) is 31.6 Å². The Bertz CT molecular complexity index is 1450. The van der Waals surface area contributed by atoms with Gasteiger partial charge in [-0.05, 0) is 67.4 Å². The second-order valence-electron chi connectivity index (χ2n) is 9.65. The molecule has 0 radical (unpaired) electrons. The summed E-state index contributed by atoms with van der Waals surface area (Å²) in [6.07, 6.45) is 2.42. The average molecular weight is 499 g/mol. The van der Waals surface area contributed by atoms with Gasteiger partial charge >= 0.3 is 5.97 Å². The predicted octanol–water partition coefficient (Wildman–Crippen LogP) is 3.95. The smallest absolute Gasteiger partial charge is 0.307 e. The number of hydrogen-bond donors (Lipinski definition) is 3. The Balaban J connectivity index is 1.54. The van der Waals surface area contributed by atoms with Gasteiger partial charge in [0.2, 0.25) is 0 Å². The number of carbonyl (C=O) groups is 1. The molecule has 0 bridgehead atoms. The zero-order valence-corrected chi connectivity index (χ0v) is 21.5. The van der Waals surface area contributed by atoms with Crippen LogP contribution in [0.5, 0.6) is 0 Å². The van der Waals surface area contributed by atoms with Crippen molar-refractivity contribution < 1.29 is 9.53 Å². The van der Waals surface area contributed by atoms with Gasteiger partial charge in [-0.1, -0.05) is 36.4 Å². The molecular weight excluding hydrogens is 464 g/mol. The number of nitrogens with one attached hydrogen (secondary N) is 2. The molecule has 1 aromatic heterocycles. The lowest BCUT2D eigenvalue weighted by Crippen LogP contribution is -2.44.